The van der Waals surface area contributed by atoms with E-state index in [1.54, 1.807) is 5.06 Å². The zero-order chi connectivity index (χ0) is 19.1. The van der Waals surface area contributed by atoms with Gasteiger partial charge in [-0.25, -0.2) is 0 Å². The first-order valence-corrected chi connectivity index (χ1v) is 12.3. The highest BCUT2D eigenvalue weighted by Crippen LogP contribution is 2.41. The Bertz CT molecular complexity index is 643. The number of rotatable bonds is 5. The summed E-state index contributed by atoms with van der Waals surface area (Å²) in [6.07, 6.45) is -0.247. The number of ether oxygens (including phenoxy) is 1. The maximum absolute atomic E-state index is 12.3. The van der Waals surface area contributed by atoms with Crippen molar-refractivity contribution in [3.63, 3.8) is 0 Å². The molecule has 0 bridgehead atoms. The van der Waals surface area contributed by atoms with E-state index in [1.165, 1.54) is 0 Å². The molecule has 2 saturated heterocycles. The van der Waals surface area contributed by atoms with E-state index in [-0.39, 0.29) is 35.2 Å². The molecule has 2 aliphatic rings. The molecule has 2 fully saturated rings. The highest BCUT2D eigenvalue weighted by molar-refractivity contribution is 6.74. The molecular formula is C20H31NO4Si. The lowest BCUT2D eigenvalue weighted by Crippen LogP contribution is -2.47. The van der Waals surface area contributed by atoms with Crippen molar-refractivity contribution in [2.24, 2.45) is 5.92 Å². The molecule has 1 aromatic carbocycles. The molecule has 144 valence electrons. The SMILES string of the molecule is C[C@H](O[Si](C)(C)C(C)(C)C)[C@@H]1ON(Cc2ccccc2)[C@@H]2C(=O)OC[C@H]12. The molecule has 2 aliphatic heterocycles. The molecule has 0 aliphatic carbocycles. The van der Waals surface area contributed by atoms with Crippen molar-refractivity contribution in [1.29, 1.82) is 0 Å². The van der Waals surface area contributed by atoms with Gasteiger partial charge in [-0.1, -0.05) is 51.1 Å². The van der Waals surface area contributed by atoms with E-state index >= 15 is 0 Å². The molecule has 5 nitrogen and oxygen atoms in total. The Hall–Kier alpha value is -1.21. The smallest absolute Gasteiger partial charge is 0.326 e. The quantitative estimate of drug-likeness (QED) is 0.578. The predicted octanol–water partition coefficient (Wildman–Crippen LogP) is 3.75. The van der Waals surface area contributed by atoms with Crippen LogP contribution in [0.15, 0.2) is 30.3 Å². The minimum absolute atomic E-state index is 0.0194. The first-order valence-electron chi connectivity index (χ1n) is 9.42. The minimum atomic E-state index is -1.92. The Labute approximate surface area is 157 Å². The fraction of sp³-hybridized carbons (Fsp3) is 0.650. The van der Waals surface area contributed by atoms with Gasteiger partial charge in [0.2, 0.25) is 0 Å². The number of esters is 1. The van der Waals surface area contributed by atoms with Crippen LogP contribution < -0.4 is 0 Å². The maximum Gasteiger partial charge on any atom is 0.326 e. The second-order valence-electron chi connectivity index (χ2n) is 8.95. The zero-order valence-corrected chi connectivity index (χ0v) is 17.7. The first-order chi connectivity index (χ1) is 12.1. The van der Waals surface area contributed by atoms with Gasteiger partial charge in [0.25, 0.3) is 0 Å². The molecule has 2 heterocycles. The van der Waals surface area contributed by atoms with Crippen LogP contribution in [0.5, 0.6) is 0 Å². The molecule has 4 atom stereocenters. The minimum Gasteiger partial charge on any atom is -0.464 e. The normalized spacial score (nSPS) is 28.1. The van der Waals surface area contributed by atoms with Crippen LogP contribution >= 0.6 is 0 Å². The number of benzene rings is 1. The number of hydroxylamine groups is 2. The van der Waals surface area contributed by atoms with E-state index in [0.29, 0.717) is 13.2 Å². The summed E-state index contributed by atoms with van der Waals surface area (Å²) in [6, 6.07) is 9.72. The van der Waals surface area contributed by atoms with Gasteiger partial charge in [0, 0.05) is 0 Å². The summed E-state index contributed by atoms with van der Waals surface area (Å²) < 4.78 is 11.9. The average Bonchev–Trinajstić information content (AvgIpc) is 3.09. The molecule has 3 rings (SSSR count). The highest BCUT2D eigenvalue weighted by atomic mass is 28.4. The van der Waals surface area contributed by atoms with Crippen LogP contribution in [0, 0.1) is 5.92 Å². The lowest BCUT2D eigenvalue weighted by atomic mass is 9.95. The van der Waals surface area contributed by atoms with Gasteiger partial charge in [-0.05, 0) is 30.6 Å². The Balaban J connectivity index is 1.75. The summed E-state index contributed by atoms with van der Waals surface area (Å²) in [5.41, 5.74) is 1.12. The highest BCUT2D eigenvalue weighted by Gasteiger charge is 2.55. The van der Waals surface area contributed by atoms with E-state index in [2.05, 4.69) is 40.8 Å². The van der Waals surface area contributed by atoms with Gasteiger partial charge >= 0.3 is 5.97 Å². The van der Waals surface area contributed by atoms with Crippen LogP contribution in [0.1, 0.15) is 33.3 Å². The second-order valence-corrected chi connectivity index (χ2v) is 13.7. The van der Waals surface area contributed by atoms with Gasteiger partial charge in [0.1, 0.15) is 12.1 Å². The van der Waals surface area contributed by atoms with E-state index in [9.17, 15) is 4.79 Å². The van der Waals surface area contributed by atoms with Crippen LogP contribution in [-0.4, -0.2) is 44.2 Å². The van der Waals surface area contributed by atoms with E-state index in [1.807, 2.05) is 30.3 Å². The second kappa shape index (κ2) is 7.07. The molecule has 0 spiro atoms. The van der Waals surface area contributed by atoms with Crippen LogP contribution in [0.4, 0.5) is 0 Å². The fourth-order valence-corrected chi connectivity index (χ4v) is 4.89. The Kier molecular flexibility index (Phi) is 5.32. The molecule has 0 radical (unpaired) electrons. The van der Waals surface area contributed by atoms with Crippen LogP contribution in [0.2, 0.25) is 18.1 Å². The van der Waals surface area contributed by atoms with Crippen molar-refractivity contribution in [2.75, 3.05) is 6.61 Å². The first kappa shape index (κ1) is 19.5. The third-order valence-electron chi connectivity index (χ3n) is 5.99. The van der Waals surface area contributed by atoms with Crippen molar-refractivity contribution in [2.45, 2.75) is 70.6 Å². The molecule has 1 aromatic rings. The van der Waals surface area contributed by atoms with E-state index in [4.69, 9.17) is 14.0 Å². The van der Waals surface area contributed by atoms with Gasteiger partial charge in [-0.15, -0.1) is 0 Å². The number of carbonyl (C=O) groups excluding carboxylic acids is 1. The Morgan fingerprint density at radius 2 is 1.92 bits per heavy atom. The summed E-state index contributed by atoms with van der Waals surface area (Å²) in [5.74, 6) is -0.168. The third kappa shape index (κ3) is 3.74. The van der Waals surface area contributed by atoms with Crippen LogP contribution in [-0.2, 0) is 25.3 Å². The topological polar surface area (TPSA) is 48.0 Å². The van der Waals surface area contributed by atoms with Crippen molar-refractivity contribution < 1.29 is 18.8 Å². The molecule has 6 heteroatoms. The molecule has 26 heavy (non-hydrogen) atoms. The van der Waals surface area contributed by atoms with Gasteiger partial charge in [-0.2, -0.15) is 5.06 Å². The fourth-order valence-electron chi connectivity index (χ4n) is 3.48. The Morgan fingerprint density at radius 3 is 2.54 bits per heavy atom. The van der Waals surface area contributed by atoms with Crippen molar-refractivity contribution in [3.8, 4) is 0 Å². The van der Waals surface area contributed by atoms with Crippen LogP contribution in [0.3, 0.4) is 0 Å². The van der Waals surface area contributed by atoms with Gasteiger partial charge in [0.15, 0.2) is 8.32 Å². The molecule has 0 aromatic heterocycles. The summed E-state index contributed by atoms with van der Waals surface area (Å²) in [7, 11) is -1.92. The number of fused-ring (bicyclic) bond motifs is 1. The average molecular weight is 378 g/mol. The number of nitrogens with zero attached hydrogens (tertiary/aromatic N) is 1. The summed E-state index contributed by atoms with van der Waals surface area (Å²) in [6.45, 7) is 14.2. The molecule has 0 N–H and O–H groups in total. The predicted molar refractivity (Wildman–Crippen MR) is 103 cm³/mol. The molecule has 0 amide bonds. The summed E-state index contributed by atoms with van der Waals surface area (Å²) in [4.78, 5) is 18.5. The lowest BCUT2D eigenvalue weighted by molar-refractivity contribution is -0.200. The molecular weight excluding hydrogens is 346 g/mol. The van der Waals surface area contributed by atoms with Crippen LogP contribution in [0.25, 0.3) is 0 Å². The van der Waals surface area contributed by atoms with Gasteiger partial charge in [0.05, 0.1) is 25.2 Å². The van der Waals surface area contributed by atoms with E-state index < -0.39 is 8.32 Å². The third-order valence-corrected chi connectivity index (χ3v) is 10.6. The number of hydrogen-bond donors (Lipinski definition) is 0. The van der Waals surface area contributed by atoms with Crippen molar-refractivity contribution in [1.82, 2.24) is 5.06 Å². The van der Waals surface area contributed by atoms with E-state index in [0.717, 1.165) is 5.56 Å². The van der Waals surface area contributed by atoms with Gasteiger partial charge in [-0.3, -0.25) is 9.63 Å². The number of cyclic esters (lactones) is 1. The summed E-state index contributed by atoms with van der Waals surface area (Å²) >= 11 is 0. The van der Waals surface area contributed by atoms with Crippen molar-refractivity contribution >= 4 is 14.3 Å². The van der Waals surface area contributed by atoms with Crippen molar-refractivity contribution in [3.05, 3.63) is 35.9 Å². The standard InChI is InChI=1S/C20H31NO4Si/c1-14(25-26(5,6)20(2,3)4)18-16-13-23-19(22)17(16)21(24-18)12-15-10-8-7-9-11-15/h7-11,14,16-18H,12-13H2,1-6H3/t14-,16-,17-,18-/m0/s1. The number of carbonyl (C=O) groups is 1. The number of hydrogen-bond acceptors (Lipinski definition) is 5. The maximum atomic E-state index is 12.3. The summed E-state index contributed by atoms with van der Waals surface area (Å²) in [5, 5.41) is 1.93. The zero-order valence-electron chi connectivity index (χ0n) is 16.7. The Morgan fingerprint density at radius 1 is 1.27 bits per heavy atom. The lowest BCUT2D eigenvalue weighted by Gasteiger charge is -2.40. The molecule has 0 saturated carbocycles. The van der Waals surface area contributed by atoms with Gasteiger partial charge < -0.3 is 9.16 Å². The largest absolute Gasteiger partial charge is 0.464 e. The monoisotopic (exact) mass is 377 g/mol. The molecule has 0 unspecified atom stereocenters.